The van der Waals surface area contributed by atoms with Crippen molar-refractivity contribution in [3.8, 4) is 0 Å². The summed E-state index contributed by atoms with van der Waals surface area (Å²) in [7, 11) is 0. The molecule has 1 aliphatic rings. The minimum Gasteiger partial charge on any atom is -0.358 e. The normalized spacial score (nSPS) is 14.1. The van der Waals surface area contributed by atoms with E-state index in [0.717, 1.165) is 18.2 Å². The average molecular weight is 233 g/mol. The number of benzene rings is 1. The monoisotopic (exact) mass is 233 g/mol. The molecule has 0 radical (unpaired) electrons. The summed E-state index contributed by atoms with van der Waals surface area (Å²) in [5, 5.41) is 5.79. The van der Waals surface area contributed by atoms with Crippen molar-refractivity contribution < 1.29 is 0 Å². The van der Waals surface area contributed by atoms with E-state index < -0.39 is 0 Å². The average Bonchev–Trinajstić information content (AvgIpc) is 2.35. The largest absolute Gasteiger partial charge is 0.358 e. The van der Waals surface area contributed by atoms with Gasteiger partial charge in [0.15, 0.2) is 5.11 Å². The molecule has 0 saturated carbocycles. The van der Waals surface area contributed by atoms with Crippen molar-refractivity contribution in [3.63, 3.8) is 0 Å². The van der Waals surface area contributed by atoms with Gasteiger partial charge in [-0.2, -0.15) is 0 Å². The zero-order chi connectivity index (χ0) is 11.4. The molecule has 0 saturated heterocycles. The summed E-state index contributed by atoms with van der Waals surface area (Å²) in [5.41, 5.74) is 5.94. The molecule has 4 heteroatoms. The van der Waals surface area contributed by atoms with Gasteiger partial charge in [0.25, 0.3) is 0 Å². The van der Waals surface area contributed by atoms with Crippen molar-refractivity contribution in [1.82, 2.24) is 15.8 Å². The minimum absolute atomic E-state index is 0.693. The molecular formula is C12H15N3S. The molecule has 0 unspecified atom stereocenters. The Bertz CT molecular complexity index is 403. The van der Waals surface area contributed by atoms with Crippen LogP contribution in [0.4, 0.5) is 0 Å². The van der Waals surface area contributed by atoms with Gasteiger partial charge in [-0.3, -0.25) is 5.01 Å². The molecule has 2 rings (SSSR count). The first kappa shape index (κ1) is 11.1. The first-order valence-electron chi connectivity index (χ1n) is 5.28. The molecular weight excluding hydrogens is 218 g/mol. The standard InChI is InChI=1S/C12H15N3S/c1-2-7-13-12(16)15-9-11-6-4-3-5-10(11)8-14-15/h2-6,14H,1,7-9H2,(H,13,16). The Labute approximate surface area is 101 Å². The lowest BCUT2D eigenvalue weighted by Crippen LogP contribution is -2.49. The van der Waals surface area contributed by atoms with Gasteiger partial charge < -0.3 is 5.32 Å². The number of rotatable bonds is 2. The summed E-state index contributed by atoms with van der Waals surface area (Å²) in [6.07, 6.45) is 1.80. The van der Waals surface area contributed by atoms with Crippen LogP contribution in [0.15, 0.2) is 36.9 Å². The third-order valence-electron chi connectivity index (χ3n) is 2.55. The highest BCUT2D eigenvalue weighted by atomic mass is 32.1. The van der Waals surface area contributed by atoms with Crippen molar-refractivity contribution in [1.29, 1.82) is 0 Å². The van der Waals surface area contributed by atoms with Crippen LogP contribution in [0.3, 0.4) is 0 Å². The fourth-order valence-corrected chi connectivity index (χ4v) is 1.90. The SMILES string of the molecule is C=CCNC(=S)N1Cc2ccccc2CN1. The molecule has 1 aromatic rings. The van der Waals surface area contributed by atoms with Crippen LogP contribution in [-0.4, -0.2) is 16.7 Å². The van der Waals surface area contributed by atoms with E-state index in [4.69, 9.17) is 12.2 Å². The zero-order valence-corrected chi connectivity index (χ0v) is 9.89. The van der Waals surface area contributed by atoms with Crippen LogP contribution >= 0.6 is 12.2 Å². The second kappa shape index (κ2) is 5.09. The minimum atomic E-state index is 0.693. The lowest BCUT2D eigenvalue weighted by Gasteiger charge is -2.31. The van der Waals surface area contributed by atoms with Gasteiger partial charge in [-0.05, 0) is 23.3 Å². The van der Waals surface area contributed by atoms with Gasteiger partial charge in [-0.1, -0.05) is 30.3 Å². The number of fused-ring (bicyclic) bond motifs is 1. The summed E-state index contributed by atoms with van der Waals surface area (Å²) in [4.78, 5) is 0. The van der Waals surface area contributed by atoms with E-state index in [1.807, 2.05) is 5.01 Å². The Balaban J connectivity index is 2.02. The van der Waals surface area contributed by atoms with Crippen molar-refractivity contribution >= 4 is 17.3 Å². The van der Waals surface area contributed by atoms with Gasteiger partial charge in [-0.15, -0.1) is 6.58 Å². The molecule has 0 aromatic heterocycles. The first-order chi connectivity index (χ1) is 7.81. The van der Waals surface area contributed by atoms with E-state index in [2.05, 4.69) is 41.6 Å². The fourth-order valence-electron chi connectivity index (χ4n) is 1.69. The van der Waals surface area contributed by atoms with Gasteiger partial charge in [0.2, 0.25) is 0 Å². The van der Waals surface area contributed by atoms with Gasteiger partial charge in [-0.25, -0.2) is 5.43 Å². The topological polar surface area (TPSA) is 27.3 Å². The summed E-state index contributed by atoms with van der Waals surface area (Å²) in [6, 6.07) is 8.40. The molecule has 0 aliphatic carbocycles. The van der Waals surface area contributed by atoms with E-state index in [1.54, 1.807) is 6.08 Å². The number of thiocarbonyl (C=S) groups is 1. The molecule has 0 amide bonds. The Morgan fingerprint density at radius 2 is 2.25 bits per heavy atom. The van der Waals surface area contributed by atoms with E-state index in [0.29, 0.717) is 6.54 Å². The lowest BCUT2D eigenvalue weighted by molar-refractivity contribution is 0.272. The van der Waals surface area contributed by atoms with Gasteiger partial charge in [0.1, 0.15) is 0 Å². The highest BCUT2D eigenvalue weighted by Gasteiger charge is 2.16. The molecule has 1 heterocycles. The van der Waals surface area contributed by atoms with Crippen LogP contribution in [0.1, 0.15) is 11.1 Å². The summed E-state index contributed by atoms with van der Waals surface area (Å²) < 4.78 is 0. The Morgan fingerprint density at radius 1 is 1.50 bits per heavy atom. The van der Waals surface area contributed by atoms with Crippen molar-refractivity contribution in [2.45, 2.75) is 13.1 Å². The molecule has 3 nitrogen and oxygen atoms in total. The Hall–Kier alpha value is -1.39. The summed E-state index contributed by atoms with van der Waals surface area (Å²) in [5.74, 6) is 0. The molecule has 2 N–H and O–H groups in total. The van der Waals surface area contributed by atoms with Crippen molar-refractivity contribution in [2.75, 3.05) is 6.54 Å². The highest BCUT2D eigenvalue weighted by molar-refractivity contribution is 7.80. The van der Waals surface area contributed by atoms with E-state index >= 15 is 0 Å². The fraction of sp³-hybridized carbons (Fsp3) is 0.250. The van der Waals surface area contributed by atoms with Gasteiger partial charge in [0.05, 0.1) is 6.54 Å². The Kier molecular flexibility index (Phi) is 3.54. The van der Waals surface area contributed by atoms with Crippen LogP contribution < -0.4 is 10.7 Å². The van der Waals surface area contributed by atoms with Crippen LogP contribution in [-0.2, 0) is 13.1 Å². The maximum absolute atomic E-state index is 5.27. The third kappa shape index (κ3) is 2.40. The van der Waals surface area contributed by atoms with Crippen LogP contribution in [0, 0.1) is 0 Å². The molecule has 84 valence electrons. The lowest BCUT2D eigenvalue weighted by atomic mass is 10.1. The second-order valence-corrected chi connectivity index (χ2v) is 4.05. The molecule has 0 bridgehead atoms. The first-order valence-corrected chi connectivity index (χ1v) is 5.68. The molecule has 0 fully saturated rings. The smallest absolute Gasteiger partial charge is 0.184 e. The van der Waals surface area contributed by atoms with E-state index in [9.17, 15) is 0 Å². The molecule has 1 aromatic carbocycles. The van der Waals surface area contributed by atoms with Crippen LogP contribution in [0.25, 0.3) is 0 Å². The van der Waals surface area contributed by atoms with E-state index in [1.165, 1.54) is 11.1 Å². The maximum atomic E-state index is 5.27. The molecule has 0 spiro atoms. The quantitative estimate of drug-likeness (QED) is 0.599. The Morgan fingerprint density at radius 3 is 3.00 bits per heavy atom. The number of hydrazine groups is 1. The zero-order valence-electron chi connectivity index (χ0n) is 9.07. The van der Waals surface area contributed by atoms with Gasteiger partial charge >= 0.3 is 0 Å². The van der Waals surface area contributed by atoms with Crippen LogP contribution in [0.2, 0.25) is 0 Å². The molecule has 0 atom stereocenters. The summed E-state index contributed by atoms with van der Waals surface area (Å²) in [6.45, 7) is 5.98. The third-order valence-corrected chi connectivity index (χ3v) is 2.91. The predicted octanol–water partition coefficient (Wildman–Crippen LogP) is 1.57. The molecule has 1 aliphatic heterocycles. The van der Waals surface area contributed by atoms with Crippen molar-refractivity contribution in [2.24, 2.45) is 0 Å². The number of hydrogen-bond donors (Lipinski definition) is 2. The molecule has 16 heavy (non-hydrogen) atoms. The maximum Gasteiger partial charge on any atom is 0.184 e. The number of nitrogens with zero attached hydrogens (tertiary/aromatic N) is 1. The summed E-state index contributed by atoms with van der Waals surface area (Å²) >= 11 is 5.27. The van der Waals surface area contributed by atoms with E-state index in [-0.39, 0.29) is 0 Å². The van der Waals surface area contributed by atoms with Crippen molar-refractivity contribution in [3.05, 3.63) is 48.0 Å². The highest BCUT2D eigenvalue weighted by Crippen LogP contribution is 2.15. The number of nitrogens with one attached hydrogen (secondary N) is 2. The second-order valence-electron chi connectivity index (χ2n) is 3.66. The van der Waals surface area contributed by atoms with Crippen LogP contribution in [0.5, 0.6) is 0 Å². The number of hydrogen-bond acceptors (Lipinski definition) is 2. The van der Waals surface area contributed by atoms with Gasteiger partial charge in [0, 0.05) is 13.1 Å². The predicted molar refractivity (Wildman–Crippen MR) is 69.6 cm³/mol.